The molecule has 0 aliphatic carbocycles. The predicted molar refractivity (Wildman–Crippen MR) is 74.4 cm³/mol. The van der Waals surface area contributed by atoms with Crippen LogP contribution in [0.1, 0.15) is 81.4 Å². The molecule has 0 spiro atoms. The van der Waals surface area contributed by atoms with Gasteiger partial charge in [-0.15, -0.1) is 5.10 Å². The van der Waals surface area contributed by atoms with Crippen molar-refractivity contribution in [3.8, 4) is 0 Å². The lowest BCUT2D eigenvalue weighted by Crippen LogP contribution is -2.10. The summed E-state index contributed by atoms with van der Waals surface area (Å²) in [5.41, 5.74) is 0.835. The maximum absolute atomic E-state index is 11.1. The summed E-state index contributed by atoms with van der Waals surface area (Å²) in [4.78, 5) is 11.1. The first-order valence-electron chi connectivity index (χ1n) is 7.24. The van der Waals surface area contributed by atoms with Crippen molar-refractivity contribution in [3.63, 3.8) is 0 Å². The molecule has 0 aromatic carbocycles. The number of aromatic carboxylic acids is 1. The zero-order chi connectivity index (χ0) is 14.3. The molecule has 0 saturated carbocycles. The molecule has 1 aromatic heterocycles. The third kappa shape index (κ3) is 4.65. The SMILES string of the molecule is CCCCCCCCn1nnc(C(=O)O)c1C(C)C. The monoisotopic (exact) mass is 267 g/mol. The second-order valence-corrected chi connectivity index (χ2v) is 5.27. The van der Waals surface area contributed by atoms with Crippen molar-refractivity contribution in [1.82, 2.24) is 15.0 Å². The molecule has 1 aromatic rings. The van der Waals surface area contributed by atoms with Crippen LogP contribution in [-0.4, -0.2) is 26.1 Å². The summed E-state index contributed by atoms with van der Waals surface area (Å²) in [5, 5.41) is 16.8. The Morgan fingerprint density at radius 3 is 2.42 bits per heavy atom. The number of rotatable bonds is 9. The Morgan fingerprint density at radius 2 is 1.84 bits per heavy atom. The van der Waals surface area contributed by atoms with Gasteiger partial charge in [-0.05, 0) is 12.3 Å². The van der Waals surface area contributed by atoms with Crippen LogP contribution in [0.25, 0.3) is 0 Å². The molecule has 5 heteroatoms. The Balaban J connectivity index is 2.52. The minimum atomic E-state index is -0.988. The number of unbranched alkanes of at least 4 members (excludes halogenated alkanes) is 5. The molecule has 5 nitrogen and oxygen atoms in total. The molecule has 19 heavy (non-hydrogen) atoms. The zero-order valence-corrected chi connectivity index (χ0v) is 12.2. The summed E-state index contributed by atoms with van der Waals surface area (Å²) in [5.74, 6) is -0.862. The van der Waals surface area contributed by atoms with Crippen molar-refractivity contribution in [1.29, 1.82) is 0 Å². The van der Waals surface area contributed by atoms with Gasteiger partial charge in [-0.2, -0.15) is 0 Å². The van der Waals surface area contributed by atoms with E-state index in [4.69, 9.17) is 5.11 Å². The van der Waals surface area contributed by atoms with Crippen LogP contribution in [0.3, 0.4) is 0 Å². The summed E-state index contributed by atoms with van der Waals surface area (Å²) >= 11 is 0. The summed E-state index contributed by atoms with van der Waals surface area (Å²) in [6.45, 7) is 6.92. The summed E-state index contributed by atoms with van der Waals surface area (Å²) < 4.78 is 1.76. The molecule has 0 saturated heterocycles. The second kappa shape index (κ2) is 7.92. The molecule has 0 fully saturated rings. The average molecular weight is 267 g/mol. The van der Waals surface area contributed by atoms with Gasteiger partial charge in [-0.3, -0.25) is 0 Å². The predicted octanol–water partition coefficient (Wildman–Crippen LogP) is 3.46. The standard InChI is InChI=1S/C14H25N3O2/c1-4-5-6-7-8-9-10-17-13(11(2)3)12(14(18)19)15-16-17/h11H,4-10H2,1-3H3,(H,18,19). The van der Waals surface area contributed by atoms with Crippen LogP contribution in [0.15, 0.2) is 0 Å². The van der Waals surface area contributed by atoms with Crippen LogP contribution < -0.4 is 0 Å². The highest BCUT2D eigenvalue weighted by atomic mass is 16.4. The van der Waals surface area contributed by atoms with Crippen LogP contribution in [0, 0.1) is 0 Å². The van der Waals surface area contributed by atoms with E-state index in [2.05, 4.69) is 17.2 Å². The van der Waals surface area contributed by atoms with Gasteiger partial charge in [-0.1, -0.05) is 58.1 Å². The molecule has 108 valence electrons. The number of hydrogen-bond donors (Lipinski definition) is 1. The van der Waals surface area contributed by atoms with Gasteiger partial charge in [0.25, 0.3) is 0 Å². The third-order valence-electron chi connectivity index (χ3n) is 3.25. The van der Waals surface area contributed by atoms with Crippen LogP contribution in [0.2, 0.25) is 0 Å². The molecule has 1 rings (SSSR count). The smallest absolute Gasteiger partial charge is 0.358 e. The van der Waals surface area contributed by atoms with Gasteiger partial charge >= 0.3 is 5.97 Å². The quantitative estimate of drug-likeness (QED) is 0.696. The van der Waals surface area contributed by atoms with Crippen molar-refractivity contribution < 1.29 is 9.90 Å². The first kappa shape index (κ1) is 15.7. The van der Waals surface area contributed by atoms with E-state index in [1.165, 1.54) is 32.1 Å². The van der Waals surface area contributed by atoms with Crippen LogP contribution >= 0.6 is 0 Å². The highest BCUT2D eigenvalue weighted by Gasteiger charge is 2.20. The van der Waals surface area contributed by atoms with Crippen molar-refractivity contribution in [2.45, 2.75) is 71.8 Å². The van der Waals surface area contributed by atoms with Crippen LogP contribution in [0.4, 0.5) is 0 Å². The summed E-state index contributed by atoms with van der Waals surface area (Å²) in [6.07, 6.45) is 7.27. The highest BCUT2D eigenvalue weighted by molar-refractivity contribution is 5.86. The Kier molecular flexibility index (Phi) is 6.53. The molecule has 0 atom stereocenters. The van der Waals surface area contributed by atoms with E-state index in [0.717, 1.165) is 18.7 Å². The number of carboxylic acids is 1. The molecule has 0 unspecified atom stereocenters. The topological polar surface area (TPSA) is 68.0 Å². The number of nitrogens with zero attached hydrogens (tertiary/aromatic N) is 3. The van der Waals surface area contributed by atoms with Gasteiger partial charge in [0, 0.05) is 6.54 Å². The lowest BCUT2D eigenvalue weighted by Gasteiger charge is -2.09. The van der Waals surface area contributed by atoms with Gasteiger partial charge in [0.1, 0.15) is 0 Å². The highest BCUT2D eigenvalue weighted by Crippen LogP contribution is 2.18. The van der Waals surface area contributed by atoms with E-state index in [1.54, 1.807) is 4.68 Å². The molecule has 0 aliphatic heterocycles. The van der Waals surface area contributed by atoms with Gasteiger partial charge < -0.3 is 5.11 Å². The average Bonchev–Trinajstić information content (AvgIpc) is 2.77. The Morgan fingerprint density at radius 1 is 1.21 bits per heavy atom. The molecule has 0 aliphatic rings. The van der Waals surface area contributed by atoms with E-state index in [0.29, 0.717) is 0 Å². The molecular formula is C14H25N3O2. The normalized spacial score (nSPS) is 11.2. The minimum Gasteiger partial charge on any atom is -0.476 e. The van der Waals surface area contributed by atoms with E-state index < -0.39 is 5.97 Å². The fourth-order valence-electron chi connectivity index (χ4n) is 2.25. The van der Waals surface area contributed by atoms with Gasteiger partial charge in [0.15, 0.2) is 5.69 Å². The van der Waals surface area contributed by atoms with E-state index in [1.807, 2.05) is 13.8 Å². The lowest BCUT2D eigenvalue weighted by atomic mass is 10.1. The number of aryl methyl sites for hydroxylation is 1. The van der Waals surface area contributed by atoms with Crippen molar-refractivity contribution in [2.75, 3.05) is 0 Å². The molecular weight excluding hydrogens is 242 g/mol. The number of hydrogen-bond acceptors (Lipinski definition) is 3. The Hall–Kier alpha value is -1.39. The maximum atomic E-state index is 11.1. The summed E-state index contributed by atoms with van der Waals surface area (Å²) in [6, 6.07) is 0. The fraction of sp³-hybridized carbons (Fsp3) is 0.786. The van der Waals surface area contributed by atoms with E-state index >= 15 is 0 Å². The van der Waals surface area contributed by atoms with Crippen molar-refractivity contribution in [2.24, 2.45) is 0 Å². The Labute approximate surface area is 115 Å². The first-order valence-corrected chi connectivity index (χ1v) is 7.24. The first-order chi connectivity index (χ1) is 9.07. The molecule has 1 N–H and O–H groups in total. The molecule has 0 bridgehead atoms. The third-order valence-corrected chi connectivity index (χ3v) is 3.25. The molecule has 0 amide bonds. The van der Waals surface area contributed by atoms with E-state index in [-0.39, 0.29) is 11.6 Å². The van der Waals surface area contributed by atoms with Crippen molar-refractivity contribution >= 4 is 5.97 Å². The largest absolute Gasteiger partial charge is 0.476 e. The van der Waals surface area contributed by atoms with Crippen LogP contribution in [0.5, 0.6) is 0 Å². The van der Waals surface area contributed by atoms with Gasteiger partial charge in [-0.25, -0.2) is 9.48 Å². The maximum Gasteiger partial charge on any atom is 0.358 e. The number of carbonyl (C=O) groups is 1. The number of carboxylic acid groups (broad SMARTS) is 1. The minimum absolute atomic E-state index is 0.0981. The molecule has 0 radical (unpaired) electrons. The summed E-state index contributed by atoms with van der Waals surface area (Å²) in [7, 11) is 0. The van der Waals surface area contributed by atoms with Gasteiger partial charge in [0.05, 0.1) is 5.69 Å². The van der Waals surface area contributed by atoms with Crippen LogP contribution in [-0.2, 0) is 6.54 Å². The van der Waals surface area contributed by atoms with E-state index in [9.17, 15) is 4.79 Å². The van der Waals surface area contributed by atoms with Crippen molar-refractivity contribution in [3.05, 3.63) is 11.4 Å². The second-order valence-electron chi connectivity index (χ2n) is 5.27. The molecule has 1 heterocycles. The van der Waals surface area contributed by atoms with Gasteiger partial charge in [0.2, 0.25) is 0 Å². The number of aromatic nitrogens is 3. The lowest BCUT2D eigenvalue weighted by molar-refractivity contribution is 0.0688. The fourth-order valence-corrected chi connectivity index (χ4v) is 2.25. The zero-order valence-electron chi connectivity index (χ0n) is 12.2. The Bertz CT molecular complexity index is 399.